The Labute approximate surface area is 183 Å². The molecule has 0 aliphatic carbocycles. The largest absolute Gasteiger partial charge is 0.448 e. The highest BCUT2D eigenvalue weighted by Crippen LogP contribution is 2.23. The van der Waals surface area contributed by atoms with E-state index < -0.39 is 12.2 Å². The van der Waals surface area contributed by atoms with E-state index in [9.17, 15) is 9.59 Å². The number of ether oxygens (including phenoxy) is 2. The molecule has 0 bridgehead atoms. The van der Waals surface area contributed by atoms with Crippen molar-refractivity contribution in [2.75, 3.05) is 13.2 Å². The van der Waals surface area contributed by atoms with Crippen LogP contribution >= 0.6 is 23.2 Å². The van der Waals surface area contributed by atoms with Crippen LogP contribution in [0.1, 0.15) is 25.0 Å². The molecule has 0 spiro atoms. The van der Waals surface area contributed by atoms with E-state index in [0.29, 0.717) is 21.2 Å². The van der Waals surface area contributed by atoms with Crippen molar-refractivity contribution in [3.63, 3.8) is 0 Å². The topological polar surface area (TPSA) is 83.8 Å². The average molecular weight is 449 g/mol. The zero-order valence-corrected chi connectivity index (χ0v) is 17.7. The van der Waals surface area contributed by atoms with Crippen LogP contribution in [-0.2, 0) is 9.47 Å². The maximum atomic E-state index is 12.9. The molecule has 156 valence electrons. The fourth-order valence-electron chi connectivity index (χ4n) is 2.63. The molecule has 30 heavy (non-hydrogen) atoms. The van der Waals surface area contributed by atoms with Crippen LogP contribution in [-0.4, -0.2) is 47.1 Å². The monoisotopic (exact) mass is 448 g/mol. The maximum absolute atomic E-state index is 12.9. The molecule has 0 fully saturated rings. The van der Waals surface area contributed by atoms with Gasteiger partial charge >= 0.3 is 12.2 Å². The van der Waals surface area contributed by atoms with E-state index >= 15 is 0 Å². The smallest absolute Gasteiger partial charge is 0.435 e. The second-order valence-corrected chi connectivity index (χ2v) is 6.76. The average Bonchev–Trinajstić information content (AvgIpc) is 2.74. The lowest BCUT2D eigenvalue weighted by Crippen LogP contribution is -2.57. The molecule has 8 nitrogen and oxygen atoms in total. The molecule has 0 atom stereocenters. The van der Waals surface area contributed by atoms with Gasteiger partial charge in [0.05, 0.1) is 13.2 Å². The summed E-state index contributed by atoms with van der Waals surface area (Å²) in [6.07, 6.45) is -1.64. The second-order valence-electron chi connectivity index (χ2n) is 5.88. The fraction of sp³-hybridized carbons (Fsp3) is 0.200. The number of hydrogen-bond acceptors (Lipinski definition) is 6. The summed E-state index contributed by atoms with van der Waals surface area (Å²) in [4.78, 5) is 25.7. The molecule has 0 saturated heterocycles. The summed E-state index contributed by atoms with van der Waals surface area (Å²) in [5.41, 5.74) is 1.00. The van der Waals surface area contributed by atoms with Gasteiger partial charge in [0, 0.05) is 21.2 Å². The minimum atomic E-state index is -0.819. The summed E-state index contributed by atoms with van der Waals surface area (Å²) in [6.45, 7) is 3.49. The van der Waals surface area contributed by atoms with E-state index in [-0.39, 0.29) is 24.9 Å². The maximum Gasteiger partial charge on any atom is 0.435 e. The molecule has 2 aromatic carbocycles. The van der Waals surface area contributed by atoms with Gasteiger partial charge in [-0.2, -0.15) is 10.0 Å². The summed E-state index contributed by atoms with van der Waals surface area (Å²) < 4.78 is 10.3. The lowest BCUT2D eigenvalue weighted by Gasteiger charge is -2.35. The number of rotatable bonds is 4. The van der Waals surface area contributed by atoms with Gasteiger partial charge in [0.2, 0.25) is 0 Å². The number of nitrogens with zero attached hydrogens (tertiary/aromatic N) is 4. The molecule has 0 aromatic heterocycles. The Morgan fingerprint density at radius 1 is 0.733 bits per heavy atom. The van der Waals surface area contributed by atoms with Gasteiger partial charge in [-0.3, -0.25) is 0 Å². The van der Waals surface area contributed by atoms with Crippen LogP contribution in [0.25, 0.3) is 0 Å². The van der Waals surface area contributed by atoms with Crippen molar-refractivity contribution in [2.45, 2.75) is 13.8 Å². The molecule has 10 heteroatoms. The molecular formula is C20H18Cl2N4O4. The minimum absolute atomic E-state index is 0.0795. The first kappa shape index (κ1) is 21.6. The first-order chi connectivity index (χ1) is 14.5. The predicted octanol–water partition coefficient (Wildman–Crippen LogP) is 4.95. The molecule has 0 unspecified atom stereocenters. The molecule has 2 amide bonds. The van der Waals surface area contributed by atoms with Crippen molar-refractivity contribution in [1.82, 2.24) is 10.0 Å². The zero-order valence-electron chi connectivity index (χ0n) is 16.2. The molecule has 0 saturated carbocycles. The van der Waals surface area contributed by atoms with E-state index in [2.05, 4.69) is 10.2 Å². The highest BCUT2D eigenvalue weighted by atomic mass is 35.5. The quantitative estimate of drug-likeness (QED) is 0.662. The Balaban J connectivity index is 2.17. The Bertz CT molecular complexity index is 909. The predicted molar refractivity (Wildman–Crippen MR) is 114 cm³/mol. The molecule has 2 aromatic rings. The van der Waals surface area contributed by atoms with Crippen molar-refractivity contribution in [3.05, 3.63) is 69.7 Å². The molecule has 0 N–H and O–H groups in total. The van der Waals surface area contributed by atoms with Gasteiger partial charge in [-0.1, -0.05) is 23.2 Å². The SMILES string of the molecule is CCOC(=O)N1C(c2ccc(Cl)cc2)=NN=C(c2ccc(Cl)cc2)N1C(=O)OCC. The van der Waals surface area contributed by atoms with Crippen LogP contribution in [0, 0.1) is 0 Å². The first-order valence-corrected chi connectivity index (χ1v) is 9.83. The summed E-state index contributed by atoms with van der Waals surface area (Å²) in [6, 6.07) is 13.1. The first-order valence-electron chi connectivity index (χ1n) is 9.07. The van der Waals surface area contributed by atoms with Crippen LogP contribution in [0.15, 0.2) is 58.7 Å². The summed E-state index contributed by atoms with van der Waals surface area (Å²) in [5.74, 6) is 0.159. The van der Waals surface area contributed by atoms with Crippen LogP contribution < -0.4 is 0 Å². The number of halogens is 2. The van der Waals surface area contributed by atoms with Crippen LogP contribution in [0.2, 0.25) is 10.0 Å². The Hall–Kier alpha value is -3.10. The van der Waals surface area contributed by atoms with Crippen LogP contribution in [0.5, 0.6) is 0 Å². The van der Waals surface area contributed by atoms with Gasteiger partial charge in [0.1, 0.15) is 0 Å². The Morgan fingerprint density at radius 3 is 1.37 bits per heavy atom. The standard InChI is InChI=1S/C20H18Cl2N4O4/c1-3-29-19(27)25-17(13-5-9-15(21)10-6-13)23-24-18(26(25)20(28)30-4-2)14-7-11-16(22)12-8-14/h5-12H,3-4H2,1-2H3. The van der Waals surface area contributed by atoms with Crippen LogP contribution in [0.4, 0.5) is 9.59 Å². The lowest BCUT2D eigenvalue weighted by molar-refractivity contribution is 0.0514. The third kappa shape index (κ3) is 4.55. The zero-order chi connectivity index (χ0) is 21.7. The third-order valence-corrected chi connectivity index (χ3v) is 4.43. The molecule has 1 heterocycles. The summed E-state index contributed by atoms with van der Waals surface area (Å²) in [5, 5.41) is 11.4. The number of amides is 2. The van der Waals surface area contributed by atoms with Crippen molar-refractivity contribution < 1.29 is 19.1 Å². The molecule has 1 aliphatic rings. The van der Waals surface area contributed by atoms with Gasteiger partial charge in [-0.05, 0) is 62.4 Å². The molecular weight excluding hydrogens is 431 g/mol. The normalized spacial score (nSPS) is 13.5. The van der Waals surface area contributed by atoms with Gasteiger partial charge in [-0.25, -0.2) is 9.59 Å². The fourth-order valence-corrected chi connectivity index (χ4v) is 2.88. The highest BCUT2D eigenvalue weighted by Gasteiger charge is 2.40. The van der Waals surface area contributed by atoms with Gasteiger partial charge in [0.15, 0.2) is 11.7 Å². The van der Waals surface area contributed by atoms with E-state index in [1.807, 2.05) is 0 Å². The number of carbonyl (C=O) groups excluding carboxylic acids is 2. The summed E-state index contributed by atoms with van der Waals surface area (Å²) >= 11 is 11.9. The Morgan fingerprint density at radius 2 is 1.07 bits per heavy atom. The van der Waals surface area contributed by atoms with Gasteiger partial charge < -0.3 is 9.47 Å². The van der Waals surface area contributed by atoms with E-state index in [1.54, 1.807) is 62.4 Å². The highest BCUT2D eigenvalue weighted by molar-refractivity contribution is 6.31. The number of hydrogen-bond donors (Lipinski definition) is 0. The summed E-state index contributed by atoms with van der Waals surface area (Å²) in [7, 11) is 0. The number of amidine groups is 2. The Kier molecular flexibility index (Phi) is 6.91. The molecule has 0 radical (unpaired) electrons. The minimum Gasteiger partial charge on any atom is -0.448 e. The van der Waals surface area contributed by atoms with Crippen molar-refractivity contribution in [1.29, 1.82) is 0 Å². The second kappa shape index (κ2) is 9.60. The van der Waals surface area contributed by atoms with E-state index in [1.165, 1.54) is 0 Å². The number of hydrazine groups is 1. The number of carbonyl (C=O) groups is 2. The third-order valence-electron chi connectivity index (χ3n) is 3.93. The van der Waals surface area contributed by atoms with Crippen LogP contribution in [0.3, 0.4) is 0 Å². The van der Waals surface area contributed by atoms with E-state index in [0.717, 1.165) is 10.0 Å². The van der Waals surface area contributed by atoms with Crippen molar-refractivity contribution in [2.24, 2.45) is 10.2 Å². The molecule has 1 aliphatic heterocycles. The number of benzene rings is 2. The van der Waals surface area contributed by atoms with Gasteiger partial charge in [0.25, 0.3) is 0 Å². The molecule has 3 rings (SSSR count). The van der Waals surface area contributed by atoms with Crippen molar-refractivity contribution in [3.8, 4) is 0 Å². The van der Waals surface area contributed by atoms with E-state index in [4.69, 9.17) is 32.7 Å². The van der Waals surface area contributed by atoms with Crippen molar-refractivity contribution >= 4 is 47.1 Å². The van der Waals surface area contributed by atoms with Gasteiger partial charge in [-0.15, -0.1) is 10.2 Å². The lowest BCUT2D eigenvalue weighted by atomic mass is 10.2.